The lowest BCUT2D eigenvalue weighted by Crippen LogP contribution is -3.13. The quantitative estimate of drug-likeness (QED) is 0.246. The number of hydrazone groups is 1. The average molecular weight is 579 g/mol. The van der Waals surface area contributed by atoms with Crippen molar-refractivity contribution in [3.05, 3.63) is 93.4 Å². The van der Waals surface area contributed by atoms with Gasteiger partial charge in [0.1, 0.15) is 12.3 Å². The molecule has 0 spiro atoms. The monoisotopic (exact) mass is 578 g/mol. The highest BCUT2D eigenvalue weighted by molar-refractivity contribution is 7.89. The number of fused-ring (bicyclic) bond motifs is 4. The summed E-state index contributed by atoms with van der Waals surface area (Å²) in [4.78, 5) is 26.2. The molecule has 0 saturated carbocycles. The van der Waals surface area contributed by atoms with Gasteiger partial charge in [0.2, 0.25) is 10.0 Å². The predicted molar refractivity (Wildman–Crippen MR) is 156 cm³/mol. The van der Waals surface area contributed by atoms with Crippen LogP contribution in [-0.2, 0) is 27.9 Å². The molecular formula is C30H36N5O5S+. The van der Waals surface area contributed by atoms with Gasteiger partial charge in [0, 0.05) is 35.7 Å². The van der Waals surface area contributed by atoms with E-state index in [2.05, 4.69) is 21.3 Å². The van der Waals surface area contributed by atoms with E-state index in [4.69, 9.17) is 4.74 Å². The third-order valence-electron chi connectivity index (χ3n) is 7.65. The molecule has 0 aliphatic carbocycles. The van der Waals surface area contributed by atoms with Crippen LogP contribution < -0.4 is 25.3 Å². The van der Waals surface area contributed by atoms with E-state index in [-0.39, 0.29) is 10.5 Å². The average Bonchev–Trinajstić information content (AvgIpc) is 2.94. The van der Waals surface area contributed by atoms with Crippen LogP contribution in [0.15, 0.2) is 75.5 Å². The molecule has 10 nitrogen and oxygen atoms in total. The molecule has 2 aliphatic heterocycles. The van der Waals surface area contributed by atoms with Gasteiger partial charge in [0.05, 0.1) is 37.4 Å². The van der Waals surface area contributed by atoms with Gasteiger partial charge in [0.25, 0.3) is 11.5 Å². The van der Waals surface area contributed by atoms with E-state index < -0.39 is 22.5 Å². The Hall–Kier alpha value is -3.80. The number of hydrogen-bond donors (Lipinski definition) is 3. The number of sulfonamides is 1. The number of nitrogens with one attached hydrogen (secondary N) is 3. The summed E-state index contributed by atoms with van der Waals surface area (Å²) in [5, 5.41) is 4.03. The summed E-state index contributed by atoms with van der Waals surface area (Å²) < 4.78 is 35.0. The second-order valence-electron chi connectivity index (χ2n) is 10.8. The smallest absolute Gasteiger partial charge is 0.255 e. The van der Waals surface area contributed by atoms with E-state index >= 15 is 0 Å². The highest BCUT2D eigenvalue weighted by Gasteiger charge is 2.37. The fraction of sp³-hybridized carbons (Fsp3) is 0.367. The number of aryl methyl sites for hydroxylation is 1. The Labute approximate surface area is 240 Å². The number of carbonyl (C=O) groups is 1. The van der Waals surface area contributed by atoms with Gasteiger partial charge in [-0.1, -0.05) is 23.8 Å². The fourth-order valence-corrected chi connectivity index (χ4v) is 6.81. The lowest BCUT2D eigenvalue weighted by atomic mass is 9.83. The summed E-state index contributed by atoms with van der Waals surface area (Å²) in [5.41, 5.74) is 6.38. The summed E-state index contributed by atoms with van der Waals surface area (Å²) in [7, 11) is -3.80. The van der Waals surface area contributed by atoms with Gasteiger partial charge in [-0.05, 0) is 62.2 Å². The first-order valence-corrected chi connectivity index (χ1v) is 15.4. The Kier molecular flexibility index (Phi) is 8.67. The van der Waals surface area contributed by atoms with Gasteiger partial charge in [-0.25, -0.2) is 18.6 Å². The minimum atomic E-state index is -3.80. The van der Waals surface area contributed by atoms with Crippen LogP contribution in [0.1, 0.15) is 41.6 Å². The van der Waals surface area contributed by atoms with Crippen LogP contribution in [0, 0.1) is 12.8 Å². The third kappa shape index (κ3) is 6.92. The normalized spacial score (nSPS) is 20.0. The number of amides is 1. The van der Waals surface area contributed by atoms with Crippen LogP contribution in [0.3, 0.4) is 0 Å². The Morgan fingerprint density at radius 2 is 1.95 bits per heavy atom. The van der Waals surface area contributed by atoms with Crippen molar-refractivity contribution in [3.63, 3.8) is 0 Å². The van der Waals surface area contributed by atoms with Gasteiger partial charge in [-0.3, -0.25) is 9.59 Å². The van der Waals surface area contributed by atoms with Crippen LogP contribution >= 0.6 is 0 Å². The maximum atomic E-state index is 12.4. The molecule has 11 heteroatoms. The molecule has 5 rings (SSSR count). The number of likely N-dealkylation sites (tertiary alicyclic amines) is 1. The molecule has 3 atom stereocenters. The van der Waals surface area contributed by atoms with Gasteiger partial charge >= 0.3 is 0 Å². The molecule has 216 valence electrons. The molecule has 0 radical (unpaired) electrons. The third-order valence-corrected chi connectivity index (χ3v) is 9.07. The minimum Gasteiger partial charge on any atom is -0.493 e. The van der Waals surface area contributed by atoms with Crippen molar-refractivity contribution in [2.24, 2.45) is 11.0 Å². The molecule has 3 aromatic rings. The van der Waals surface area contributed by atoms with Crippen LogP contribution in [0.4, 0.5) is 0 Å². The van der Waals surface area contributed by atoms with Crippen molar-refractivity contribution in [1.82, 2.24) is 14.7 Å². The maximum Gasteiger partial charge on any atom is 0.255 e. The summed E-state index contributed by atoms with van der Waals surface area (Å²) in [6, 6.07) is 17.8. The second-order valence-corrected chi connectivity index (χ2v) is 12.5. The first-order valence-electron chi connectivity index (χ1n) is 13.9. The van der Waals surface area contributed by atoms with Crippen molar-refractivity contribution < 1.29 is 22.8 Å². The van der Waals surface area contributed by atoms with Crippen LogP contribution in [0.25, 0.3) is 0 Å². The van der Waals surface area contributed by atoms with E-state index in [0.29, 0.717) is 18.4 Å². The van der Waals surface area contributed by atoms with Gasteiger partial charge in [-0.2, -0.15) is 5.10 Å². The number of piperidine rings is 1. The lowest BCUT2D eigenvalue weighted by molar-refractivity contribution is -0.924. The molecule has 3 N–H and O–H groups in total. The SMILES string of the molecule is CCOc1ccc(C=NNC(=O)CNS(=O)(=O)c2ccc(C)cc2)cc1C[NH+]1CC2CC(C1)c1cccc(=O)n1C2. The number of ether oxygens (including phenoxy) is 1. The first kappa shape index (κ1) is 28.7. The van der Waals surface area contributed by atoms with E-state index in [9.17, 15) is 18.0 Å². The number of quaternary nitrogens is 1. The number of aromatic nitrogens is 1. The highest BCUT2D eigenvalue weighted by atomic mass is 32.2. The standard InChI is InChI=1S/C30H35N5O5S/c1-3-40-28-12-9-22(15-31-33-29(36)16-32-41(38,39)26-10-7-21(2)8-11-26)13-25(28)20-34-17-23-14-24(19-34)27-5-4-6-30(37)35(27)18-23/h4-13,15,23-24,32H,3,14,16-20H2,1-2H3,(H,33,36)/p+1. The number of pyridine rings is 1. The van der Waals surface area contributed by atoms with Crippen LogP contribution in [0.2, 0.25) is 0 Å². The van der Waals surface area contributed by atoms with Crippen molar-refractivity contribution in [2.75, 3.05) is 26.2 Å². The molecule has 1 fully saturated rings. The zero-order valence-corrected chi connectivity index (χ0v) is 24.1. The molecular weight excluding hydrogens is 542 g/mol. The highest BCUT2D eigenvalue weighted by Crippen LogP contribution is 2.30. The van der Waals surface area contributed by atoms with Gasteiger partial charge in [-0.15, -0.1) is 0 Å². The molecule has 1 saturated heterocycles. The Morgan fingerprint density at radius 1 is 1.15 bits per heavy atom. The van der Waals surface area contributed by atoms with E-state index in [1.807, 2.05) is 42.7 Å². The molecule has 3 unspecified atom stereocenters. The van der Waals surface area contributed by atoms with Gasteiger partial charge in [0.15, 0.2) is 0 Å². The Balaban J connectivity index is 1.21. The first-order chi connectivity index (χ1) is 19.7. The zero-order chi connectivity index (χ0) is 29.0. The number of benzene rings is 2. The summed E-state index contributed by atoms with van der Waals surface area (Å²) in [6.45, 7) is 7.40. The van der Waals surface area contributed by atoms with E-state index in [0.717, 1.165) is 60.7 Å². The lowest BCUT2D eigenvalue weighted by Gasteiger charge is -2.40. The van der Waals surface area contributed by atoms with Crippen molar-refractivity contribution >= 4 is 22.1 Å². The van der Waals surface area contributed by atoms with Crippen molar-refractivity contribution in [1.29, 1.82) is 0 Å². The molecule has 2 bridgehead atoms. The molecule has 2 aliphatic rings. The number of rotatable bonds is 10. The van der Waals surface area contributed by atoms with Gasteiger partial charge < -0.3 is 14.2 Å². The summed E-state index contributed by atoms with van der Waals surface area (Å²) in [6.07, 6.45) is 2.65. The zero-order valence-electron chi connectivity index (χ0n) is 23.3. The maximum absolute atomic E-state index is 12.4. The number of nitrogens with zero attached hydrogens (tertiary/aromatic N) is 2. The van der Waals surface area contributed by atoms with Crippen LogP contribution in [-0.4, -0.2) is 51.3 Å². The second kappa shape index (κ2) is 12.4. The minimum absolute atomic E-state index is 0.0852. The summed E-state index contributed by atoms with van der Waals surface area (Å²) >= 11 is 0. The van der Waals surface area contributed by atoms with E-state index in [1.54, 1.807) is 18.2 Å². The predicted octanol–water partition coefficient (Wildman–Crippen LogP) is 1.19. The molecule has 3 heterocycles. The molecule has 1 aromatic heterocycles. The Bertz CT molecular complexity index is 1600. The number of carbonyl (C=O) groups excluding carboxylic acids is 1. The largest absolute Gasteiger partial charge is 0.493 e. The molecule has 2 aromatic carbocycles. The number of hydrogen-bond acceptors (Lipinski definition) is 6. The Morgan fingerprint density at radius 3 is 2.73 bits per heavy atom. The summed E-state index contributed by atoms with van der Waals surface area (Å²) in [5.74, 6) is 1.05. The van der Waals surface area contributed by atoms with E-state index in [1.165, 1.54) is 23.2 Å². The van der Waals surface area contributed by atoms with Crippen molar-refractivity contribution in [3.8, 4) is 5.75 Å². The van der Waals surface area contributed by atoms with Crippen molar-refractivity contribution in [2.45, 2.75) is 44.2 Å². The fourth-order valence-electron chi connectivity index (χ4n) is 5.83. The molecule has 41 heavy (non-hydrogen) atoms. The topological polar surface area (TPSA) is 123 Å². The van der Waals surface area contributed by atoms with Crippen LogP contribution in [0.5, 0.6) is 5.75 Å². The molecule has 1 amide bonds.